The van der Waals surface area contributed by atoms with Gasteiger partial charge in [-0.3, -0.25) is 0 Å². The second-order valence-corrected chi connectivity index (χ2v) is 7.44. The zero-order valence-corrected chi connectivity index (χ0v) is 13.7. The third-order valence-corrected chi connectivity index (χ3v) is 6.05. The van der Waals surface area contributed by atoms with Gasteiger partial charge in [0, 0.05) is 19.6 Å². The van der Waals surface area contributed by atoms with Gasteiger partial charge in [0.2, 0.25) is 10.0 Å². The third kappa shape index (κ3) is 3.39. The molecule has 1 aliphatic rings. The van der Waals surface area contributed by atoms with Crippen molar-refractivity contribution in [2.45, 2.75) is 43.2 Å². The van der Waals surface area contributed by atoms with Crippen molar-refractivity contribution in [2.75, 3.05) is 21.2 Å². The highest BCUT2D eigenvalue weighted by Crippen LogP contribution is 2.32. The summed E-state index contributed by atoms with van der Waals surface area (Å²) in [6, 6.07) is 5.36. The Morgan fingerprint density at radius 2 is 2.00 bits per heavy atom. The molecule has 0 spiro atoms. The van der Waals surface area contributed by atoms with E-state index < -0.39 is 10.0 Å². The van der Waals surface area contributed by atoms with Gasteiger partial charge in [-0.25, -0.2) is 8.42 Å². The van der Waals surface area contributed by atoms with E-state index >= 15 is 0 Å². The van der Waals surface area contributed by atoms with Crippen LogP contribution in [-0.2, 0) is 16.6 Å². The smallest absolute Gasteiger partial charge is 0.246 e. The first-order chi connectivity index (χ1) is 10.0. The predicted octanol–water partition coefficient (Wildman–Crippen LogP) is 1.98. The number of benzene rings is 1. The molecule has 1 saturated carbocycles. The maximum Gasteiger partial charge on any atom is 0.246 e. The molecule has 0 unspecified atom stereocenters. The average Bonchev–Trinajstić information content (AvgIpc) is 3.00. The Morgan fingerprint density at radius 3 is 2.57 bits per heavy atom. The lowest BCUT2D eigenvalue weighted by Gasteiger charge is -2.24. The normalized spacial score (nSPS) is 16.6. The Hall–Kier alpha value is -1.11. The Labute approximate surface area is 127 Å². The Balaban J connectivity index is 2.34. The highest BCUT2D eigenvalue weighted by Gasteiger charge is 2.32. The van der Waals surface area contributed by atoms with Gasteiger partial charge in [0.05, 0.1) is 7.11 Å². The summed E-state index contributed by atoms with van der Waals surface area (Å²) in [5.41, 5.74) is 0.997. The summed E-state index contributed by atoms with van der Waals surface area (Å²) in [5, 5.41) is 3.05. The summed E-state index contributed by atoms with van der Waals surface area (Å²) in [5.74, 6) is 0.410. The first kappa shape index (κ1) is 16.3. The molecule has 2 rings (SSSR count). The van der Waals surface area contributed by atoms with Crippen LogP contribution in [0.1, 0.15) is 31.2 Å². The van der Waals surface area contributed by atoms with Crippen LogP contribution in [0.15, 0.2) is 23.1 Å². The van der Waals surface area contributed by atoms with Crippen molar-refractivity contribution >= 4 is 10.0 Å². The summed E-state index contributed by atoms with van der Waals surface area (Å²) < 4.78 is 32.4. The average molecular weight is 312 g/mol. The lowest BCUT2D eigenvalue weighted by atomic mass is 10.2. The van der Waals surface area contributed by atoms with Gasteiger partial charge in [-0.05, 0) is 37.6 Å². The fourth-order valence-electron chi connectivity index (χ4n) is 2.86. The van der Waals surface area contributed by atoms with Gasteiger partial charge in [0.25, 0.3) is 0 Å². The van der Waals surface area contributed by atoms with Crippen molar-refractivity contribution in [2.24, 2.45) is 0 Å². The minimum Gasteiger partial charge on any atom is -0.495 e. The summed E-state index contributed by atoms with van der Waals surface area (Å²) in [7, 11) is 1.52. The number of sulfonamides is 1. The molecule has 0 saturated heterocycles. The number of methoxy groups -OCH3 is 1. The second-order valence-electron chi connectivity index (χ2n) is 5.48. The van der Waals surface area contributed by atoms with E-state index in [1.807, 2.05) is 13.1 Å². The number of nitrogens with zero attached hydrogens (tertiary/aromatic N) is 1. The van der Waals surface area contributed by atoms with Crippen LogP contribution < -0.4 is 10.1 Å². The minimum atomic E-state index is -3.51. The molecule has 1 fully saturated rings. The fourth-order valence-corrected chi connectivity index (χ4v) is 4.41. The van der Waals surface area contributed by atoms with Gasteiger partial charge in [0.15, 0.2) is 0 Å². The van der Waals surface area contributed by atoms with Crippen LogP contribution in [0.2, 0.25) is 0 Å². The standard InChI is InChI=1S/C15H24N2O3S/c1-16-11-12-8-9-15(14(10-12)20-3)21(18,19)17(2)13-6-4-5-7-13/h8-10,13,16H,4-7,11H2,1-3H3. The van der Waals surface area contributed by atoms with E-state index in [1.54, 1.807) is 19.2 Å². The zero-order chi connectivity index (χ0) is 15.5. The Morgan fingerprint density at radius 1 is 1.33 bits per heavy atom. The minimum absolute atomic E-state index is 0.108. The Kier molecular flexibility index (Phi) is 5.24. The van der Waals surface area contributed by atoms with Crippen LogP contribution in [0.4, 0.5) is 0 Å². The SMILES string of the molecule is CNCc1ccc(S(=O)(=O)N(C)C2CCCC2)c(OC)c1. The molecule has 21 heavy (non-hydrogen) atoms. The molecule has 0 atom stereocenters. The van der Waals surface area contributed by atoms with Crippen LogP contribution in [0, 0.1) is 0 Å². The third-order valence-electron chi connectivity index (χ3n) is 4.10. The first-order valence-electron chi connectivity index (χ1n) is 7.30. The van der Waals surface area contributed by atoms with Crippen LogP contribution in [0.3, 0.4) is 0 Å². The molecule has 5 nitrogen and oxygen atoms in total. The quantitative estimate of drug-likeness (QED) is 0.872. The lowest BCUT2D eigenvalue weighted by molar-refractivity contribution is 0.365. The number of rotatable bonds is 6. The van der Waals surface area contributed by atoms with E-state index in [0.717, 1.165) is 31.2 Å². The number of nitrogens with one attached hydrogen (secondary N) is 1. The largest absolute Gasteiger partial charge is 0.495 e. The molecule has 1 aliphatic carbocycles. The number of hydrogen-bond donors (Lipinski definition) is 1. The summed E-state index contributed by atoms with van der Waals surface area (Å²) in [4.78, 5) is 0.249. The van der Waals surface area contributed by atoms with Crippen molar-refractivity contribution in [1.82, 2.24) is 9.62 Å². The van der Waals surface area contributed by atoms with Gasteiger partial charge >= 0.3 is 0 Å². The summed E-state index contributed by atoms with van der Waals surface area (Å²) in [6.45, 7) is 0.676. The maximum atomic E-state index is 12.8. The molecule has 118 valence electrons. The van der Waals surface area contributed by atoms with Crippen molar-refractivity contribution in [3.63, 3.8) is 0 Å². The maximum absolute atomic E-state index is 12.8. The molecule has 0 aromatic heterocycles. The lowest BCUT2D eigenvalue weighted by Crippen LogP contribution is -2.35. The van der Waals surface area contributed by atoms with Crippen molar-refractivity contribution < 1.29 is 13.2 Å². The molecule has 0 radical (unpaired) electrons. The summed E-state index contributed by atoms with van der Waals surface area (Å²) >= 11 is 0. The van der Waals surface area contributed by atoms with E-state index in [0.29, 0.717) is 12.3 Å². The van der Waals surface area contributed by atoms with Gasteiger partial charge in [-0.2, -0.15) is 4.31 Å². The van der Waals surface area contributed by atoms with Crippen LogP contribution in [-0.4, -0.2) is 40.0 Å². The molecule has 6 heteroatoms. The molecule has 0 amide bonds. The molecule has 0 heterocycles. The van der Waals surface area contributed by atoms with Gasteiger partial charge in [0.1, 0.15) is 10.6 Å². The first-order valence-corrected chi connectivity index (χ1v) is 8.74. The van der Waals surface area contributed by atoms with Gasteiger partial charge in [-0.1, -0.05) is 18.9 Å². The van der Waals surface area contributed by atoms with E-state index in [1.165, 1.54) is 11.4 Å². The second kappa shape index (κ2) is 6.77. The van der Waals surface area contributed by atoms with Crippen LogP contribution in [0.25, 0.3) is 0 Å². The topological polar surface area (TPSA) is 58.6 Å². The highest BCUT2D eigenvalue weighted by molar-refractivity contribution is 7.89. The molecule has 0 aliphatic heterocycles. The van der Waals surface area contributed by atoms with Crippen LogP contribution >= 0.6 is 0 Å². The Bertz CT molecular complexity index is 581. The molecule has 1 aromatic carbocycles. The number of hydrogen-bond acceptors (Lipinski definition) is 4. The van der Waals surface area contributed by atoms with E-state index in [9.17, 15) is 8.42 Å². The molecule has 0 bridgehead atoms. The van der Waals surface area contributed by atoms with E-state index in [4.69, 9.17) is 4.74 Å². The summed E-state index contributed by atoms with van der Waals surface area (Å²) in [6.07, 6.45) is 4.08. The highest BCUT2D eigenvalue weighted by atomic mass is 32.2. The molecular formula is C15H24N2O3S. The van der Waals surface area contributed by atoms with Crippen molar-refractivity contribution in [1.29, 1.82) is 0 Å². The van der Waals surface area contributed by atoms with E-state index in [-0.39, 0.29) is 10.9 Å². The molecular weight excluding hydrogens is 288 g/mol. The van der Waals surface area contributed by atoms with Crippen LogP contribution in [0.5, 0.6) is 5.75 Å². The number of ether oxygens (including phenoxy) is 1. The van der Waals surface area contributed by atoms with Crippen molar-refractivity contribution in [3.05, 3.63) is 23.8 Å². The van der Waals surface area contributed by atoms with Crippen molar-refractivity contribution in [3.8, 4) is 5.75 Å². The molecule has 1 N–H and O–H groups in total. The fraction of sp³-hybridized carbons (Fsp3) is 0.600. The molecule has 1 aromatic rings. The van der Waals surface area contributed by atoms with E-state index in [2.05, 4.69) is 5.32 Å². The van der Waals surface area contributed by atoms with Gasteiger partial charge in [-0.15, -0.1) is 0 Å². The zero-order valence-electron chi connectivity index (χ0n) is 12.9. The van der Waals surface area contributed by atoms with Gasteiger partial charge < -0.3 is 10.1 Å². The predicted molar refractivity (Wildman–Crippen MR) is 83.0 cm³/mol. The monoisotopic (exact) mass is 312 g/mol.